The molecule has 0 atom stereocenters. The molecule has 1 amide bonds. The van der Waals surface area contributed by atoms with Gasteiger partial charge in [-0.05, 0) is 24.6 Å². The number of hydrogen-bond donors (Lipinski definition) is 1. The predicted molar refractivity (Wildman–Crippen MR) is 139 cm³/mol. The van der Waals surface area contributed by atoms with Crippen molar-refractivity contribution in [3.05, 3.63) is 59.7 Å². The lowest BCUT2D eigenvalue weighted by Gasteiger charge is -2.29. The van der Waals surface area contributed by atoms with E-state index in [1.165, 1.54) is 23.1 Å². The lowest BCUT2D eigenvalue weighted by atomic mass is 10.1. The summed E-state index contributed by atoms with van der Waals surface area (Å²) in [5.41, 5.74) is 3.84. The van der Waals surface area contributed by atoms with E-state index in [2.05, 4.69) is 32.4 Å². The van der Waals surface area contributed by atoms with E-state index in [-0.39, 0.29) is 11.7 Å². The van der Waals surface area contributed by atoms with Gasteiger partial charge in [0.25, 0.3) is 0 Å². The summed E-state index contributed by atoms with van der Waals surface area (Å²) in [6.07, 6.45) is 0. The Morgan fingerprint density at radius 2 is 1.97 bits per heavy atom. The number of amides is 1. The fraction of sp³-hybridized carbons (Fsp3) is 0.240. The first-order valence-electron chi connectivity index (χ1n) is 11.1. The molecule has 1 aliphatic heterocycles. The summed E-state index contributed by atoms with van der Waals surface area (Å²) in [6.45, 7) is 4.45. The Bertz CT molecular complexity index is 1410. The van der Waals surface area contributed by atoms with Crippen molar-refractivity contribution in [1.29, 1.82) is 5.26 Å². The molecule has 2 aromatic heterocycles. The number of morpholine rings is 1. The number of aryl methyl sites for hydroxylation is 1. The Kier molecular flexibility index (Phi) is 6.90. The van der Waals surface area contributed by atoms with Gasteiger partial charge < -0.3 is 15.0 Å². The molecule has 0 spiro atoms. The number of carbonyl (C=O) groups is 1. The van der Waals surface area contributed by atoms with Gasteiger partial charge in [-0.3, -0.25) is 4.79 Å². The Labute approximate surface area is 211 Å². The van der Waals surface area contributed by atoms with Gasteiger partial charge in [0.15, 0.2) is 16.1 Å². The molecule has 0 aliphatic carbocycles. The quantitative estimate of drug-likeness (QED) is 0.304. The fourth-order valence-electron chi connectivity index (χ4n) is 3.78. The van der Waals surface area contributed by atoms with E-state index in [9.17, 15) is 10.1 Å². The first kappa shape index (κ1) is 23.2. The molecule has 8 nitrogen and oxygen atoms in total. The summed E-state index contributed by atoms with van der Waals surface area (Å²) in [6, 6.07) is 17.9. The van der Waals surface area contributed by atoms with Gasteiger partial charge in [-0.1, -0.05) is 59.5 Å². The summed E-state index contributed by atoms with van der Waals surface area (Å²) in [4.78, 5) is 28.6. The van der Waals surface area contributed by atoms with E-state index in [0.717, 1.165) is 21.3 Å². The Morgan fingerprint density at radius 3 is 2.74 bits per heavy atom. The van der Waals surface area contributed by atoms with Crippen LogP contribution in [0.25, 0.3) is 21.5 Å². The highest BCUT2D eigenvalue weighted by atomic mass is 32.2. The lowest BCUT2D eigenvalue weighted by molar-refractivity contribution is -0.113. The number of benzene rings is 2. The molecule has 1 aliphatic rings. The van der Waals surface area contributed by atoms with Gasteiger partial charge in [-0.2, -0.15) is 5.26 Å². The van der Waals surface area contributed by atoms with Crippen molar-refractivity contribution in [3.8, 4) is 17.3 Å². The maximum absolute atomic E-state index is 12.7. The van der Waals surface area contributed by atoms with E-state index in [1.807, 2.05) is 54.3 Å². The van der Waals surface area contributed by atoms with Crippen LogP contribution >= 0.6 is 23.1 Å². The monoisotopic (exact) mass is 502 g/mol. The first-order valence-corrected chi connectivity index (χ1v) is 12.9. The van der Waals surface area contributed by atoms with Crippen molar-refractivity contribution in [3.63, 3.8) is 0 Å². The van der Waals surface area contributed by atoms with Crippen molar-refractivity contribution >= 4 is 50.2 Å². The van der Waals surface area contributed by atoms with Crippen LogP contribution in [0.5, 0.6) is 0 Å². The average molecular weight is 503 g/mol. The van der Waals surface area contributed by atoms with Crippen LogP contribution in [0.1, 0.15) is 11.1 Å². The third-order valence-electron chi connectivity index (χ3n) is 5.46. The van der Waals surface area contributed by atoms with Crippen molar-refractivity contribution < 1.29 is 9.53 Å². The number of nitriles is 1. The van der Waals surface area contributed by atoms with Crippen LogP contribution in [0, 0.1) is 18.3 Å². The molecule has 0 radical (unpaired) electrons. The van der Waals surface area contributed by atoms with E-state index in [0.29, 0.717) is 53.7 Å². The van der Waals surface area contributed by atoms with Crippen LogP contribution in [0.4, 0.5) is 10.9 Å². The molecular weight excluding hydrogens is 480 g/mol. The number of anilines is 2. The van der Waals surface area contributed by atoms with Crippen molar-refractivity contribution in [2.24, 2.45) is 0 Å². The first-order chi connectivity index (χ1) is 17.1. The minimum absolute atomic E-state index is 0.123. The van der Waals surface area contributed by atoms with E-state index in [1.54, 1.807) is 0 Å². The van der Waals surface area contributed by atoms with E-state index in [4.69, 9.17) is 4.74 Å². The zero-order valence-corrected chi connectivity index (χ0v) is 20.7. The number of fused-ring (bicyclic) bond motifs is 1. The van der Waals surface area contributed by atoms with Crippen LogP contribution in [0.15, 0.2) is 53.7 Å². The van der Waals surface area contributed by atoms with E-state index < -0.39 is 0 Å². The van der Waals surface area contributed by atoms with Crippen molar-refractivity contribution in [1.82, 2.24) is 15.0 Å². The van der Waals surface area contributed by atoms with Gasteiger partial charge in [0.2, 0.25) is 5.91 Å². The Balaban J connectivity index is 1.39. The molecule has 4 aromatic rings. The highest BCUT2D eigenvalue weighted by molar-refractivity contribution is 7.99. The van der Waals surface area contributed by atoms with Crippen molar-refractivity contribution in [2.75, 3.05) is 42.3 Å². The average Bonchev–Trinajstić information content (AvgIpc) is 3.29. The van der Waals surface area contributed by atoms with Crippen LogP contribution in [-0.2, 0) is 9.53 Å². The van der Waals surface area contributed by atoms with Crippen LogP contribution in [0.2, 0.25) is 0 Å². The van der Waals surface area contributed by atoms with Gasteiger partial charge in [0.05, 0.1) is 34.9 Å². The molecule has 5 rings (SSSR count). The molecule has 0 bridgehead atoms. The van der Waals surface area contributed by atoms with E-state index >= 15 is 0 Å². The predicted octanol–water partition coefficient (Wildman–Crippen LogP) is 4.50. The zero-order valence-electron chi connectivity index (χ0n) is 19.0. The number of carbonyl (C=O) groups excluding carboxylic acids is 1. The highest BCUT2D eigenvalue weighted by Crippen LogP contribution is 2.32. The minimum atomic E-state index is -0.187. The molecule has 2 aromatic carbocycles. The number of thiazole rings is 1. The number of ether oxygens (including phenoxy) is 1. The number of hydrogen-bond acceptors (Lipinski definition) is 9. The molecular formula is C25H22N6O2S2. The summed E-state index contributed by atoms with van der Waals surface area (Å²) in [5.74, 6) is 0.513. The second-order valence-corrected chi connectivity index (χ2v) is 9.93. The van der Waals surface area contributed by atoms with Crippen LogP contribution in [-0.4, -0.2) is 52.9 Å². The molecule has 3 heterocycles. The maximum atomic E-state index is 12.7. The molecule has 1 saturated heterocycles. The largest absolute Gasteiger partial charge is 0.378 e. The summed E-state index contributed by atoms with van der Waals surface area (Å²) in [7, 11) is 0. The van der Waals surface area contributed by atoms with Crippen LogP contribution < -0.4 is 10.2 Å². The molecule has 1 fully saturated rings. The summed E-state index contributed by atoms with van der Waals surface area (Å²) < 4.78 is 6.51. The fourth-order valence-corrected chi connectivity index (χ4v) is 5.40. The highest BCUT2D eigenvalue weighted by Gasteiger charge is 2.23. The Hall–Kier alpha value is -3.52. The minimum Gasteiger partial charge on any atom is -0.378 e. The summed E-state index contributed by atoms with van der Waals surface area (Å²) in [5, 5.41) is 13.9. The number of aromatic nitrogens is 3. The lowest BCUT2D eigenvalue weighted by Crippen LogP contribution is -2.37. The smallest absolute Gasteiger partial charge is 0.236 e. The topological polar surface area (TPSA) is 104 Å². The molecule has 0 saturated carbocycles. The van der Waals surface area contributed by atoms with Crippen molar-refractivity contribution in [2.45, 2.75) is 12.1 Å². The van der Waals surface area contributed by atoms with Gasteiger partial charge in [0.1, 0.15) is 11.6 Å². The third kappa shape index (κ3) is 5.27. The molecule has 10 heteroatoms. The molecule has 1 N–H and O–H groups in total. The SMILES string of the molecule is Cc1ccc2nc(NC(=O)CSc3nc(-c4ccccc4)c(C#N)c(N4CCOCC4)n3)sc2c1. The molecule has 35 heavy (non-hydrogen) atoms. The van der Waals surface area contributed by atoms with Gasteiger partial charge >= 0.3 is 0 Å². The normalized spacial score (nSPS) is 13.5. The van der Waals surface area contributed by atoms with Gasteiger partial charge in [0, 0.05) is 18.7 Å². The number of nitrogens with zero attached hydrogens (tertiary/aromatic N) is 5. The van der Waals surface area contributed by atoms with Gasteiger partial charge in [-0.15, -0.1) is 0 Å². The standard InChI is InChI=1S/C25H22N6O2S2/c1-16-7-8-19-20(13-16)35-25(27-19)28-21(32)15-34-24-29-22(17-5-3-2-4-6-17)18(14-26)23(30-24)31-9-11-33-12-10-31/h2-8,13H,9-12,15H2,1H3,(H,27,28,32). The van der Waals surface area contributed by atoms with Gasteiger partial charge in [-0.25, -0.2) is 15.0 Å². The second kappa shape index (κ2) is 10.4. The Morgan fingerprint density at radius 1 is 1.17 bits per heavy atom. The molecule has 176 valence electrons. The molecule has 0 unspecified atom stereocenters. The maximum Gasteiger partial charge on any atom is 0.236 e. The number of thioether (sulfide) groups is 1. The van der Waals surface area contributed by atoms with Crippen LogP contribution in [0.3, 0.4) is 0 Å². The number of nitrogens with one attached hydrogen (secondary N) is 1. The second-order valence-electron chi connectivity index (χ2n) is 7.96. The third-order valence-corrected chi connectivity index (χ3v) is 7.24. The summed E-state index contributed by atoms with van der Waals surface area (Å²) >= 11 is 2.69. The number of rotatable bonds is 6. The zero-order chi connectivity index (χ0) is 24.2.